The number of benzene rings is 1. The summed E-state index contributed by atoms with van der Waals surface area (Å²) < 4.78 is 5.98. The number of nitrogens with zero attached hydrogens (tertiary/aromatic N) is 3. The molecule has 7 heteroatoms. The Morgan fingerprint density at radius 2 is 1.50 bits per heavy atom. The monoisotopic (exact) mass is 414 g/mol. The van der Waals surface area contributed by atoms with Crippen molar-refractivity contribution in [2.45, 2.75) is 51.0 Å². The number of anilines is 1. The van der Waals surface area contributed by atoms with Crippen LogP contribution in [0.4, 0.5) is 10.5 Å². The molecular weight excluding hydrogens is 380 g/mol. The molecule has 1 aliphatic carbocycles. The molecule has 0 spiro atoms. The van der Waals surface area contributed by atoms with Crippen molar-refractivity contribution < 1.29 is 14.3 Å². The maximum absolute atomic E-state index is 12.6. The SMILES string of the molecule is O=C(CN1CCN(C(=O)Nc2ccc(OC3CCCC3)cc2)CC1)N1CCCCC1. The Morgan fingerprint density at radius 3 is 2.17 bits per heavy atom. The Bertz CT molecular complexity index is 704. The normalized spacial score (nSPS) is 20.9. The Hall–Kier alpha value is -2.28. The molecule has 0 bridgehead atoms. The second-order valence-electron chi connectivity index (χ2n) is 8.68. The third-order valence-electron chi connectivity index (χ3n) is 6.44. The summed E-state index contributed by atoms with van der Waals surface area (Å²) in [6.45, 7) is 5.02. The third-order valence-corrected chi connectivity index (χ3v) is 6.44. The van der Waals surface area contributed by atoms with E-state index < -0.39 is 0 Å². The maximum atomic E-state index is 12.6. The number of nitrogens with one attached hydrogen (secondary N) is 1. The topological polar surface area (TPSA) is 65.1 Å². The fourth-order valence-corrected chi connectivity index (χ4v) is 4.56. The molecule has 0 aromatic heterocycles. The number of ether oxygens (including phenoxy) is 1. The average molecular weight is 415 g/mol. The van der Waals surface area contributed by atoms with Crippen LogP contribution < -0.4 is 10.1 Å². The van der Waals surface area contributed by atoms with Gasteiger partial charge in [-0.3, -0.25) is 9.69 Å². The third kappa shape index (κ3) is 5.65. The molecule has 1 aromatic rings. The highest BCUT2D eigenvalue weighted by atomic mass is 16.5. The molecule has 0 atom stereocenters. The first kappa shape index (κ1) is 21.0. The van der Waals surface area contributed by atoms with Crippen LogP contribution in [0.3, 0.4) is 0 Å². The van der Waals surface area contributed by atoms with Crippen LogP contribution in [-0.2, 0) is 4.79 Å². The van der Waals surface area contributed by atoms with Crippen molar-refractivity contribution >= 4 is 17.6 Å². The van der Waals surface area contributed by atoms with Gasteiger partial charge in [-0.1, -0.05) is 0 Å². The molecule has 2 heterocycles. The zero-order chi connectivity index (χ0) is 20.8. The van der Waals surface area contributed by atoms with E-state index >= 15 is 0 Å². The smallest absolute Gasteiger partial charge is 0.321 e. The van der Waals surface area contributed by atoms with Gasteiger partial charge < -0.3 is 19.9 Å². The molecule has 1 aromatic carbocycles. The van der Waals surface area contributed by atoms with Crippen LogP contribution in [0, 0.1) is 0 Å². The number of hydrogen-bond donors (Lipinski definition) is 1. The second-order valence-corrected chi connectivity index (χ2v) is 8.68. The average Bonchev–Trinajstić information content (AvgIpc) is 3.29. The van der Waals surface area contributed by atoms with Crippen molar-refractivity contribution in [3.63, 3.8) is 0 Å². The lowest BCUT2D eigenvalue weighted by Gasteiger charge is -2.36. The summed E-state index contributed by atoms with van der Waals surface area (Å²) in [5.41, 5.74) is 0.779. The number of likely N-dealkylation sites (tertiary alicyclic amines) is 1. The molecule has 4 rings (SSSR count). The predicted octanol–water partition coefficient (Wildman–Crippen LogP) is 3.17. The quantitative estimate of drug-likeness (QED) is 0.804. The fraction of sp³-hybridized carbons (Fsp3) is 0.652. The van der Waals surface area contributed by atoms with Crippen molar-refractivity contribution in [2.75, 3.05) is 51.1 Å². The van der Waals surface area contributed by atoms with Gasteiger partial charge in [-0.15, -0.1) is 0 Å². The van der Waals surface area contributed by atoms with Crippen LogP contribution in [0.25, 0.3) is 0 Å². The van der Waals surface area contributed by atoms with Crippen molar-refractivity contribution in [1.82, 2.24) is 14.7 Å². The van der Waals surface area contributed by atoms with Gasteiger partial charge in [-0.05, 0) is 69.2 Å². The minimum absolute atomic E-state index is 0.0820. The number of urea groups is 1. The van der Waals surface area contributed by atoms with Crippen LogP contribution in [0.1, 0.15) is 44.9 Å². The van der Waals surface area contributed by atoms with E-state index in [0.29, 0.717) is 25.7 Å². The Kier molecular flexibility index (Phi) is 7.10. The van der Waals surface area contributed by atoms with Crippen molar-refractivity contribution in [2.24, 2.45) is 0 Å². The molecular formula is C23H34N4O3. The number of amides is 3. The summed E-state index contributed by atoms with van der Waals surface area (Å²) in [5.74, 6) is 1.10. The highest BCUT2D eigenvalue weighted by molar-refractivity contribution is 5.89. The lowest BCUT2D eigenvalue weighted by atomic mass is 10.1. The van der Waals surface area contributed by atoms with Crippen LogP contribution >= 0.6 is 0 Å². The summed E-state index contributed by atoms with van der Waals surface area (Å²) in [7, 11) is 0. The van der Waals surface area contributed by atoms with E-state index in [1.54, 1.807) is 0 Å². The molecule has 3 fully saturated rings. The maximum Gasteiger partial charge on any atom is 0.321 e. The first-order chi connectivity index (χ1) is 14.7. The Balaban J connectivity index is 1.19. The summed E-state index contributed by atoms with van der Waals surface area (Å²) in [5, 5.41) is 2.98. The Labute approximate surface area is 179 Å². The first-order valence-corrected chi connectivity index (χ1v) is 11.5. The van der Waals surface area contributed by atoms with E-state index in [4.69, 9.17) is 4.74 Å². The number of piperidine rings is 1. The van der Waals surface area contributed by atoms with E-state index in [-0.39, 0.29) is 11.9 Å². The van der Waals surface area contributed by atoms with Crippen molar-refractivity contribution in [1.29, 1.82) is 0 Å². The van der Waals surface area contributed by atoms with E-state index in [1.165, 1.54) is 19.3 Å². The molecule has 0 radical (unpaired) electrons. The van der Waals surface area contributed by atoms with Crippen LogP contribution in [0.2, 0.25) is 0 Å². The largest absolute Gasteiger partial charge is 0.490 e. The number of piperazine rings is 1. The highest BCUT2D eigenvalue weighted by Gasteiger charge is 2.25. The van der Waals surface area contributed by atoms with Gasteiger partial charge in [0.25, 0.3) is 0 Å². The molecule has 3 amide bonds. The first-order valence-electron chi connectivity index (χ1n) is 11.5. The van der Waals surface area contributed by atoms with E-state index in [2.05, 4.69) is 10.2 Å². The number of carbonyl (C=O) groups is 2. The minimum atomic E-state index is -0.0820. The van der Waals surface area contributed by atoms with Gasteiger partial charge in [0.15, 0.2) is 0 Å². The molecule has 7 nitrogen and oxygen atoms in total. The lowest BCUT2D eigenvalue weighted by Crippen LogP contribution is -2.52. The van der Waals surface area contributed by atoms with Gasteiger partial charge >= 0.3 is 6.03 Å². The molecule has 30 heavy (non-hydrogen) atoms. The van der Waals surface area contributed by atoms with Gasteiger partial charge in [-0.25, -0.2) is 4.79 Å². The van der Waals surface area contributed by atoms with Crippen molar-refractivity contribution in [3.8, 4) is 5.75 Å². The fourth-order valence-electron chi connectivity index (χ4n) is 4.56. The zero-order valence-corrected chi connectivity index (χ0v) is 17.9. The standard InChI is InChI=1S/C23H34N4O3/c28-22(26-12-4-1-5-13-26)18-25-14-16-27(17-15-25)23(29)24-19-8-10-21(11-9-19)30-20-6-2-3-7-20/h8-11,20H,1-7,12-18H2,(H,24,29). The molecule has 1 N–H and O–H groups in total. The van der Waals surface area contributed by atoms with Crippen LogP contribution in [0.5, 0.6) is 5.75 Å². The lowest BCUT2D eigenvalue weighted by molar-refractivity contribution is -0.133. The summed E-state index contributed by atoms with van der Waals surface area (Å²) in [4.78, 5) is 31.0. The summed E-state index contributed by atoms with van der Waals surface area (Å²) in [6.07, 6.45) is 8.57. The van der Waals surface area contributed by atoms with Gasteiger partial charge in [-0.2, -0.15) is 0 Å². The number of rotatable bonds is 5. The van der Waals surface area contributed by atoms with Gasteiger partial charge in [0.2, 0.25) is 5.91 Å². The van der Waals surface area contributed by atoms with Gasteiger partial charge in [0, 0.05) is 45.0 Å². The van der Waals surface area contributed by atoms with E-state index in [1.807, 2.05) is 34.1 Å². The van der Waals surface area contributed by atoms with E-state index in [0.717, 1.165) is 63.3 Å². The van der Waals surface area contributed by atoms with Crippen molar-refractivity contribution in [3.05, 3.63) is 24.3 Å². The minimum Gasteiger partial charge on any atom is -0.490 e. The number of hydrogen-bond acceptors (Lipinski definition) is 4. The molecule has 2 aliphatic heterocycles. The molecule has 2 saturated heterocycles. The van der Waals surface area contributed by atoms with E-state index in [9.17, 15) is 9.59 Å². The Morgan fingerprint density at radius 1 is 0.833 bits per heavy atom. The summed E-state index contributed by atoms with van der Waals surface area (Å²) in [6, 6.07) is 7.57. The molecule has 164 valence electrons. The van der Waals surface area contributed by atoms with Crippen LogP contribution in [-0.4, -0.2) is 78.6 Å². The van der Waals surface area contributed by atoms with Gasteiger partial charge in [0.1, 0.15) is 5.75 Å². The van der Waals surface area contributed by atoms with Crippen LogP contribution in [0.15, 0.2) is 24.3 Å². The number of carbonyl (C=O) groups excluding carboxylic acids is 2. The predicted molar refractivity (Wildman–Crippen MR) is 117 cm³/mol. The molecule has 0 unspecified atom stereocenters. The summed E-state index contributed by atoms with van der Waals surface area (Å²) >= 11 is 0. The zero-order valence-electron chi connectivity index (χ0n) is 17.9. The molecule has 1 saturated carbocycles. The van der Waals surface area contributed by atoms with Gasteiger partial charge in [0.05, 0.1) is 12.6 Å². The molecule has 3 aliphatic rings. The highest BCUT2D eigenvalue weighted by Crippen LogP contribution is 2.25. The second kappa shape index (κ2) is 10.2.